The molecule has 0 saturated carbocycles. The number of rotatable bonds is 5. The van der Waals surface area contributed by atoms with E-state index in [-0.39, 0.29) is 10.8 Å². The van der Waals surface area contributed by atoms with Crippen LogP contribution in [-0.4, -0.2) is 26.9 Å². The molecule has 0 spiro atoms. The highest BCUT2D eigenvalue weighted by Gasteiger charge is 2.45. The smallest absolute Gasteiger partial charge is 0.122 e. The summed E-state index contributed by atoms with van der Waals surface area (Å²) in [5, 5.41) is 0. The lowest BCUT2D eigenvalue weighted by Gasteiger charge is -2.46. The first kappa shape index (κ1) is 14.8. The maximum absolute atomic E-state index is 5.89. The Bertz CT molecular complexity index is 455. The molecule has 0 radical (unpaired) electrons. The normalized spacial score (nSPS) is 17.9. The average molecular weight is 328 g/mol. The first-order valence-corrected chi connectivity index (χ1v) is 7.34. The molecule has 3 nitrogen and oxygen atoms in total. The number of halogens is 1. The van der Waals surface area contributed by atoms with Gasteiger partial charge in [0.25, 0.3) is 0 Å². The van der Waals surface area contributed by atoms with Gasteiger partial charge in [-0.3, -0.25) is 0 Å². The Labute approximate surface area is 123 Å². The van der Waals surface area contributed by atoms with Crippen LogP contribution >= 0.6 is 15.9 Å². The van der Waals surface area contributed by atoms with Gasteiger partial charge in [0.1, 0.15) is 5.75 Å². The van der Waals surface area contributed by atoms with Crippen molar-refractivity contribution >= 4 is 15.9 Å². The quantitative estimate of drug-likeness (QED) is 0.903. The van der Waals surface area contributed by atoms with Gasteiger partial charge in [-0.05, 0) is 36.6 Å². The van der Waals surface area contributed by atoms with Crippen LogP contribution in [0.2, 0.25) is 0 Å². The van der Waals surface area contributed by atoms with Gasteiger partial charge in [0.15, 0.2) is 0 Å². The molecule has 1 fully saturated rings. The second-order valence-electron chi connectivity index (χ2n) is 6.16. The molecule has 1 aliphatic rings. The second-order valence-corrected chi connectivity index (χ2v) is 7.08. The van der Waals surface area contributed by atoms with Gasteiger partial charge < -0.3 is 15.2 Å². The lowest BCUT2D eigenvalue weighted by molar-refractivity contribution is -0.0794. The summed E-state index contributed by atoms with van der Waals surface area (Å²) in [6, 6.07) is 6.16. The minimum atomic E-state index is 0.0258. The van der Waals surface area contributed by atoms with E-state index in [1.165, 1.54) is 5.56 Å². The van der Waals surface area contributed by atoms with Crippen molar-refractivity contribution in [1.82, 2.24) is 0 Å². The zero-order valence-electron chi connectivity index (χ0n) is 11.8. The molecule has 0 unspecified atom stereocenters. The highest BCUT2D eigenvalue weighted by atomic mass is 79.9. The Morgan fingerprint density at radius 1 is 1.42 bits per heavy atom. The summed E-state index contributed by atoms with van der Waals surface area (Å²) in [5.41, 5.74) is 7.23. The SMILES string of the molecule is COc1ccc(Br)cc1C1(CC(C)(C)CN)COC1. The fraction of sp³-hybridized carbons (Fsp3) is 0.600. The van der Waals surface area contributed by atoms with E-state index in [2.05, 4.69) is 35.8 Å². The number of methoxy groups -OCH3 is 1. The molecule has 2 rings (SSSR count). The van der Waals surface area contributed by atoms with Crippen LogP contribution in [0.1, 0.15) is 25.8 Å². The predicted octanol–water partition coefficient (Wildman–Crippen LogP) is 3.10. The van der Waals surface area contributed by atoms with E-state index < -0.39 is 0 Å². The minimum Gasteiger partial charge on any atom is -0.496 e. The average Bonchev–Trinajstić information content (AvgIpc) is 2.34. The zero-order valence-corrected chi connectivity index (χ0v) is 13.4. The maximum Gasteiger partial charge on any atom is 0.122 e. The molecule has 4 heteroatoms. The van der Waals surface area contributed by atoms with E-state index >= 15 is 0 Å². The Balaban J connectivity index is 2.38. The highest BCUT2D eigenvalue weighted by molar-refractivity contribution is 9.10. The third-order valence-electron chi connectivity index (χ3n) is 3.86. The fourth-order valence-corrected chi connectivity index (χ4v) is 3.15. The molecule has 0 aromatic heterocycles. The van der Waals surface area contributed by atoms with Gasteiger partial charge in [-0.2, -0.15) is 0 Å². The predicted molar refractivity (Wildman–Crippen MR) is 80.6 cm³/mol. The number of ether oxygens (including phenoxy) is 2. The number of nitrogens with two attached hydrogens (primary N) is 1. The molecular weight excluding hydrogens is 306 g/mol. The monoisotopic (exact) mass is 327 g/mol. The molecule has 1 aliphatic heterocycles. The van der Waals surface area contributed by atoms with Crippen molar-refractivity contribution in [2.75, 3.05) is 26.9 Å². The molecule has 0 atom stereocenters. The van der Waals surface area contributed by atoms with E-state index in [1.807, 2.05) is 12.1 Å². The topological polar surface area (TPSA) is 44.5 Å². The van der Waals surface area contributed by atoms with Gasteiger partial charge in [0, 0.05) is 15.5 Å². The van der Waals surface area contributed by atoms with Gasteiger partial charge in [-0.15, -0.1) is 0 Å². The van der Waals surface area contributed by atoms with Crippen molar-refractivity contribution in [2.45, 2.75) is 25.7 Å². The summed E-state index contributed by atoms with van der Waals surface area (Å²) < 4.78 is 12.1. The van der Waals surface area contributed by atoms with Crippen LogP contribution in [0.4, 0.5) is 0 Å². The molecule has 2 N–H and O–H groups in total. The summed E-state index contributed by atoms with van der Waals surface area (Å²) in [5.74, 6) is 0.930. The largest absolute Gasteiger partial charge is 0.496 e. The summed E-state index contributed by atoms with van der Waals surface area (Å²) in [6.45, 7) is 6.56. The molecule has 1 aromatic rings. The van der Waals surface area contributed by atoms with Crippen molar-refractivity contribution in [3.8, 4) is 5.75 Å². The van der Waals surface area contributed by atoms with Gasteiger partial charge in [-0.25, -0.2) is 0 Å². The third kappa shape index (κ3) is 2.96. The van der Waals surface area contributed by atoms with Crippen molar-refractivity contribution in [2.24, 2.45) is 11.1 Å². The lowest BCUT2D eigenvalue weighted by atomic mass is 9.67. The van der Waals surface area contributed by atoms with E-state index in [1.54, 1.807) is 7.11 Å². The second kappa shape index (κ2) is 5.43. The Morgan fingerprint density at radius 2 is 2.11 bits per heavy atom. The van der Waals surface area contributed by atoms with Crippen LogP contribution in [0.3, 0.4) is 0 Å². The highest BCUT2D eigenvalue weighted by Crippen LogP contribution is 2.46. The Morgan fingerprint density at radius 3 is 2.58 bits per heavy atom. The van der Waals surface area contributed by atoms with Crippen LogP contribution in [0.15, 0.2) is 22.7 Å². The van der Waals surface area contributed by atoms with Crippen LogP contribution in [0.5, 0.6) is 5.75 Å². The molecule has 0 amide bonds. The molecule has 1 aromatic carbocycles. The molecule has 1 saturated heterocycles. The zero-order chi connectivity index (χ0) is 14.1. The van der Waals surface area contributed by atoms with Gasteiger partial charge in [-0.1, -0.05) is 29.8 Å². The summed E-state index contributed by atoms with van der Waals surface area (Å²) in [6.07, 6.45) is 1.00. The van der Waals surface area contributed by atoms with Crippen LogP contribution < -0.4 is 10.5 Å². The van der Waals surface area contributed by atoms with Gasteiger partial charge in [0.2, 0.25) is 0 Å². The minimum absolute atomic E-state index is 0.0258. The van der Waals surface area contributed by atoms with E-state index in [0.29, 0.717) is 6.54 Å². The van der Waals surface area contributed by atoms with Crippen LogP contribution in [0.25, 0.3) is 0 Å². The lowest BCUT2D eigenvalue weighted by Crippen LogP contribution is -2.50. The van der Waals surface area contributed by atoms with E-state index in [4.69, 9.17) is 15.2 Å². The molecule has 1 heterocycles. The van der Waals surface area contributed by atoms with E-state index in [9.17, 15) is 0 Å². The molecular formula is C15H22BrNO2. The first-order valence-electron chi connectivity index (χ1n) is 6.54. The Hall–Kier alpha value is -0.580. The van der Waals surface area contributed by atoms with Gasteiger partial charge in [0.05, 0.1) is 20.3 Å². The number of hydrogen-bond acceptors (Lipinski definition) is 3. The van der Waals surface area contributed by atoms with Crippen molar-refractivity contribution in [3.63, 3.8) is 0 Å². The third-order valence-corrected chi connectivity index (χ3v) is 4.35. The van der Waals surface area contributed by atoms with Crippen molar-refractivity contribution < 1.29 is 9.47 Å². The van der Waals surface area contributed by atoms with Crippen LogP contribution in [0, 0.1) is 5.41 Å². The summed E-state index contributed by atoms with van der Waals surface area (Å²) in [4.78, 5) is 0. The summed E-state index contributed by atoms with van der Waals surface area (Å²) in [7, 11) is 1.72. The van der Waals surface area contributed by atoms with Crippen molar-refractivity contribution in [1.29, 1.82) is 0 Å². The molecule has 0 bridgehead atoms. The van der Waals surface area contributed by atoms with Crippen LogP contribution in [-0.2, 0) is 10.2 Å². The standard InChI is InChI=1S/C15H22BrNO2/c1-14(2,8-17)7-15(9-19-10-15)12-6-11(16)4-5-13(12)18-3/h4-6H,7-10,17H2,1-3H3. The molecule has 0 aliphatic carbocycles. The number of benzene rings is 1. The first-order chi connectivity index (χ1) is 8.92. The molecule has 19 heavy (non-hydrogen) atoms. The number of hydrogen-bond donors (Lipinski definition) is 1. The summed E-state index contributed by atoms with van der Waals surface area (Å²) >= 11 is 3.55. The molecule has 106 valence electrons. The maximum atomic E-state index is 5.89. The van der Waals surface area contributed by atoms with Crippen molar-refractivity contribution in [3.05, 3.63) is 28.2 Å². The van der Waals surface area contributed by atoms with Gasteiger partial charge >= 0.3 is 0 Å². The Kier molecular flexibility index (Phi) is 4.23. The van der Waals surface area contributed by atoms with E-state index in [0.717, 1.165) is 29.9 Å². The fourth-order valence-electron chi connectivity index (χ4n) is 2.78.